The van der Waals surface area contributed by atoms with Crippen LogP contribution in [0.15, 0.2) is 6.07 Å². The second kappa shape index (κ2) is 6.69. The number of carbonyl (C=O) groups is 1. The lowest BCUT2D eigenvalue weighted by Gasteiger charge is -2.13. The van der Waals surface area contributed by atoms with E-state index in [1.165, 1.54) is 6.42 Å². The maximum atomic E-state index is 12.7. The molecule has 0 bridgehead atoms. The third kappa shape index (κ3) is 3.23. The largest absolute Gasteiger partial charge is 0.350 e. The minimum absolute atomic E-state index is 0.0327. The third-order valence-corrected chi connectivity index (χ3v) is 4.54. The number of nitrogens with one attached hydrogen (secondary N) is 1. The van der Waals surface area contributed by atoms with Crippen LogP contribution < -0.4 is 5.32 Å². The Morgan fingerprint density at radius 3 is 2.96 bits per heavy atom. The molecule has 1 aliphatic rings. The van der Waals surface area contributed by atoms with Crippen molar-refractivity contribution in [1.82, 2.24) is 19.9 Å². The standard InChI is InChI=1S/C18H26N4O/c1-4-8-12(2)20-18(23)14-11-13(3)19-17-16(14)21-15-9-6-5-7-10-22(15)17/h11-12H,4-10H2,1-3H3,(H,20,23). The number of carbonyl (C=O) groups excluding carboxylic acids is 1. The molecule has 2 aromatic heterocycles. The lowest BCUT2D eigenvalue weighted by Crippen LogP contribution is -2.32. The number of fused-ring (bicyclic) bond motifs is 3. The van der Waals surface area contributed by atoms with Crippen LogP contribution in [0.5, 0.6) is 0 Å². The lowest BCUT2D eigenvalue weighted by molar-refractivity contribution is 0.0939. The predicted octanol–water partition coefficient (Wildman–Crippen LogP) is 3.38. The highest BCUT2D eigenvalue weighted by atomic mass is 16.1. The molecular weight excluding hydrogens is 288 g/mol. The van der Waals surface area contributed by atoms with Crippen LogP contribution in [0.25, 0.3) is 11.2 Å². The molecule has 1 N–H and O–H groups in total. The summed E-state index contributed by atoms with van der Waals surface area (Å²) in [4.78, 5) is 22.1. The summed E-state index contributed by atoms with van der Waals surface area (Å²) in [6.07, 6.45) is 6.57. The molecule has 5 nitrogen and oxygen atoms in total. The fraction of sp³-hybridized carbons (Fsp3) is 0.611. The molecular formula is C18H26N4O. The summed E-state index contributed by atoms with van der Waals surface area (Å²) >= 11 is 0. The predicted molar refractivity (Wildman–Crippen MR) is 91.7 cm³/mol. The van der Waals surface area contributed by atoms with E-state index in [-0.39, 0.29) is 11.9 Å². The fourth-order valence-corrected chi connectivity index (χ4v) is 3.40. The van der Waals surface area contributed by atoms with Gasteiger partial charge in [0.05, 0.1) is 5.56 Å². The Hall–Kier alpha value is -1.91. The minimum atomic E-state index is -0.0327. The zero-order valence-electron chi connectivity index (χ0n) is 14.4. The first-order valence-electron chi connectivity index (χ1n) is 8.77. The Labute approximate surface area is 137 Å². The molecule has 23 heavy (non-hydrogen) atoms. The number of aryl methyl sites for hydroxylation is 3. The first-order chi connectivity index (χ1) is 11.1. The van der Waals surface area contributed by atoms with Crippen molar-refractivity contribution in [2.24, 2.45) is 0 Å². The van der Waals surface area contributed by atoms with Gasteiger partial charge in [-0.3, -0.25) is 4.79 Å². The van der Waals surface area contributed by atoms with Crippen molar-refractivity contribution < 1.29 is 4.79 Å². The van der Waals surface area contributed by atoms with Gasteiger partial charge in [-0.15, -0.1) is 0 Å². The monoisotopic (exact) mass is 314 g/mol. The number of rotatable bonds is 4. The quantitative estimate of drug-likeness (QED) is 0.941. The van der Waals surface area contributed by atoms with Gasteiger partial charge in [-0.2, -0.15) is 0 Å². The van der Waals surface area contributed by atoms with E-state index >= 15 is 0 Å². The highest BCUT2D eigenvalue weighted by Crippen LogP contribution is 2.24. The summed E-state index contributed by atoms with van der Waals surface area (Å²) in [5, 5.41) is 3.09. The van der Waals surface area contributed by atoms with Crippen LogP contribution in [0.4, 0.5) is 0 Å². The molecule has 1 unspecified atom stereocenters. The Kier molecular flexibility index (Phi) is 4.64. The summed E-state index contributed by atoms with van der Waals surface area (Å²) < 4.78 is 2.21. The van der Waals surface area contributed by atoms with Crippen LogP contribution in [-0.2, 0) is 13.0 Å². The van der Waals surface area contributed by atoms with Crippen LogP contribution >= 0.6 is 0 Å². The van der Waals surface area contributed by atoms with E-state index in [9.17, 15) is 4.79 Å². The van der Waals surface area contributed by atoms with Gasteiger partial charge in [0.25, 0.3) is 5.91 Å². The van der Waals surface area contributed by atoms with Crippen LogP contribution in [0, 0.1) is 6.92 Å². The van der Waals surface area contributed by atoms with Crippen molar-refractivity contribution in [2.45, 2.75) is 71.9 Å². The average molecular weight is 314 g/mol. The topological polar surface area (TPSA) is 59.8 Å². The number of imidazole rings is 1. The first kappa shape index (κ1) is 16.0. The zero-order chi connectivity index (χ0) is 16.4. The number of pyridine rings is 1. The number of aromatic nitrogens is 3. The Morgan fingerprint density at radius 1 is 1.35 bits per heavy atom. The van der Waals surface area contributed by atoms with E-state index in [1.807, 2.05) is 13.0 Å². The molecule has 2 aromatic rings. The van der Waals surface area contributed by atoms with Crippen molar-refractivity contribution in [3.8, 4) is 0 Å². The van der Waals surface area contributed by atoms with E-state index in [0.29, 0.717) is 5.56 Å². The molecule has 0 aromatic carbocycles. The molecule has 0 radical (unpaired) electrons. The van der Waals surface area contributed by atoms with Gasteiger partial charge < -0.3 is 9.88 Å². The maximum Gasteiger partial charge on any atom is 0.253 e. The fourth-order valence-electron chi connectivity index (χ4n) is 3.40. The smallest absolute Gasteiger partial charge is 0.253 e. The van der Waals surface area contributed by atoms with E-state index in [2.05, 4.69) is 28.7 Å². The molecule has 3 heterocycles. The maximum absolute atomic E-state index is 12.7. The normalized spacial score (nSPS) is 16.0. The van der Waals surface area contributed by atoms with Crippen molar-refractivity contribution >= 4 is 17.1 Å². The van der Waals surface area contributed by atoms with Gasteiger partial charge in [0.15, 0.2) is 5.65 Å². The van der Waals surface area contributed by atoms with E-state index in [0.717, 1.165) is 61.3 Å². The van der Waals surface area contributed by atoms with Gasteiger partial charge in [-0.05, 0) is 39.2 Å². The SMILES string of the molecule is CCCC(C)NC(=O)c1cc(C)nc2c1nc1n2CCCCC1. The number of hydrogen-bond donors (Lipinski definition) is 1. The van der Waals surface area contributed by atoms with Crippen LogP contribution in [0.2, 0.25) is 0 Å². The third-order valence-electron chi connectivity index (χ3n) is 4.54. The van der Waals surface area contributed by atoms with Crippen LogP contribution in [-0.4, -0.2) is 26.5 Å². The van der Waals surface area contributed by atoms with Crippen LogP contribution in [0.3, 0.4) is 0 Å². The van der Waals surface area contributed by atoms with Gasteiger partial charge in [-0.1, -0.05) is 19.8 Å². The average Bonchev–Trinajstić information content (AvgIpc) is 2.69. The van der Waals surface area contributed by atoms with Crippen molar-refractivity contribution in [2.75, 3.05) is 0 Å². The highest BCUT2D eigenvalue weighted by Gasteiger charge is 2.21. The van der Waals surface area contributed by atoms with Gasteiger partial charge in [0.1, 0.15) is 11.3 Å². The molecule has 1 atom stereocenters. The molecule has 1 amide bonds. The molecule has 1 aliphatic heterocycles. The summed E-state index contributed by atoms with van der Waals surface area (Å²) in [6.45, 7) is 7.08. The van der Waals surface area contributed by atoms with Gasteiger partial charge in [-0.25, -0.2) is 9.97 Å². The minimum Gasteiger partial charge on any atom is -0.350 e. The van der Waals surface area contributed by atoms with Crippen molar-refractivity contribution in [3.05, 3.63) is 23.1 Å². The summed E-state index contributed by atoms with van der Waals surface area (Å²) in [5.74, 6) is 1.04. The Morgan fingerprint density at radius 2 is 2.17 bits per heavy atom. The molecule has 0 saturated heterocycles. The molecule has 124 valence electrons. The number of hydrogen-bond acceptors (Lipinski definition) is 3. The summed E-state index contributed by atoms with van der Waals surface area (Å²) in [7, 11) is 0. The molecule has 0 saturated carbocycles. The van der Waals surface area contributed by atoms with Crippen molar-refractivity contribution in [1.29, 1.82) is 0 Å². The Balaban J connectivity index is 2.02. The van der Waals surface area contributed by atoms with E-state index < -0.39 is 0 Å². The van der Waals surface area contributed by atoms with Crippen molar-refractivity contribution in [3.63, 3.8) is 0 Å². The molecule has 0 aliphatic carbocycles. The molecule has 0 spiro atoms. The number of nitrogens with zero attached hydrogens (tertiary/aromatic N) is 3. The second-order valence-corrected chi connectivity index (χ2v) is 6.64. The molecule has 5 heteroatoms. The van der Waals surface area contributed by atoms with E-state index in [4.69, 9.17) is 4.98 Å². The summed E-state index contributed by atoms with van der Waals surface area (Å²) in [5.41, 5.74) is 3.16. The lowest BCUT2D eigenvalue weighted by atomic mass is 10.1. The van der Waals surface area contributed by atoms with Gasteiger partial charge in [0, 0.05) is 24.7 Å². The van der Waals surface area contributed by atoms with Gasteiger partial charge >= 0.3 is 0 Å². The van der Waals surface area contributed by atoms with E-state index in [1.54, 1.807) is 0 Å². The zero-order valence-corrected chi connectivity index (χ0v) is 14.4. The first-order valence-corrected chi connectivity index (χ1v) is 8.77. The summed E-state index contributed by atoms with van der Waals surface area (Å²) in [6, 6.07) is 2.04. The highest BCUT2D eigenvalue weighted by molar-refractivity contribution is 6.04. The van der Waals surface area contributed by atoms with Gasteiger partial charge in [0.2, 0.25) is 0 Å². The second-order valence-electron chi connectivity index (χ2n) is 6.64. The Bertz CT molecular complexity index is 719. The van der Waals surface area contributed by atoms with Crippen LogP contribution in [0.1, 0.15) is 67.8 Å². The molecule has 0 fully saturated rings. The molecule has 3 rings (SSSR count). The number of amides is 1.